The quantitative estimate of drug-likeness (QED) is 0.328. The number of rotatable bonds is 7. The average Bonchev–Trinajstić information content (AvgIpc) is 2.54. The van der Waals surface area contributed by atoms with E-state index in [-0.39, 0.29) is 13.2 Å². The van der Waals surface area contributed by atoms with E-state index >= 15 is 0 Å². The third-order valence-corrected chi connectivity index (χ3v) is 3.28. The largest absolute Gasteiger partial charge is 0.463 e. The van der Waals surface area contributed by atoms with Gasteiger partial charge in [0, 0.05) is 27.7 Å². The molecule has 5 atom stereocenters. The molecule has 0 N–H and O–H groups in total. The lowest BCUT2D eigenvalue weighted by atomic mass is 9.98. The highest BCUT2D eigenvalue weighted by atomic mass is 16.7. The second kappa shape index (κ2) is 10.5. The Morgan fingerprint density at radius 2 is 1.37 bits per heavy atom. The fourth-order valence-corrected chi connectivity index (χ4v) is 2.45. The Hall–Kier alpha value is -2.64. The number of hydrogen-bond acceptors (Lipinski definition) is 10. The number of ether oxygens (including phenoxy) is 6. The van der Waals surface area contributed by atoms with Crippen molar-refractivity contribution >= 4 is 23.9 Å². The van der Waals surface area contributed by atoms with Gasteiger partial charge in [0.1, 0.15) is 19.3 Å². The second-order valence-corrected chi connectivity index (χ2v) is 5.58. The maximum atomic E-state index is 11.6. The van der Waals surface area contributed by atoms with Crippen LogP contribution in [0.15, 0.2) is 0 Å². The van der Waals surface area contributed by atoms with Gasteiger partial charge < -0.3 is 28.4 Å². The second-order valence-electron chi connectivity index (χ2n) is 5.58. The highest BCUT2D eigenvalue weighted by molar-refractivity contribution is 5.68. The normalized spacial score (nSPS) is 27.0. The summed E-state index contributed by atoms with van der Waals surface area (Å²) in [5.74, 6) is -0.519. The van der Waals surface area contributed by atoms with Crippen LogP contribution in [0.3, 0.4) is 0 Å². The minimum absolute atomic E-state index is 0.201. The number of hydrogen-bond donors (Lipinski definition) is 0. The van der Waals surface area contributed by atoms with Gasteiger partial charge >= 0.3 is 23.9 Å². The Morgan fingerprint density at radius 3 is 1.85 bits per heavy atom. The average molecular weight is 386 g/mol. The van der Waals surface area contributed by atoms with Gasteiger partial charge in [0.05, 0.1) is 0 Å². The van der Waals surface area contributed by atoms with E-state index in [0.29, 0.717) is 0 Å². The first kappa shape index (κ1) is 22.4. The fourth-order valence-electron chi connectivity index (χ4n) is 2.45. The molecule has 0 aliphatic carbocycles. The van der Waals surface area contributed by atoms with Gasteiger partial charge in [-0.3, -0.25) is 19.2 Å². The molecular formula is C17H22O10. The van der Waals surface area contributed by atoms with Gasteiger partial charge in [-0.05, 0) is 0 Å². The molecule has 0 aromatic carbocycles. The molecule has 0 aromatic rings. The maximum Gasteiger partial charge on any atom is 0.303 e. The molecule has 0 radical (unpaired) electrons. The van der Waals surface area contributed by atoms with Crippen LogP contribution >= 0.6 is 0 Å². The minimum atomic E-state index is -1.27. The van der Waals surface area contributed by atoms with Crippen molar-refractivity contribution in [1.82, 2.24) is 0 Å². The molecule has 150 valence electrons. The summed E-state index contributed by atoms with van der Waals surface area (Å²) >= 11 is 0. The molecule has 1 aliphatic rings. The van der Waals surface area contributed by atoms with E-state index in [9.17, 15) is 19.2 Å². The summed E-state index contributed by atoms with van der Waals surface area (Å²) in [5.41, 5.74) is 0. The molecule has 1 fully saturated rings. The van der Waals surface area contributed by atoms with Crippen LogP contribution in [-0.4, -0.2) is 67.8 Å². The van der Waals surface area contributed by atoms with Crippen LogP contribution in [0.1, 0.15) is 27.7 Å². The number of carbonyl (C=O) groups excluding carboxylic acids is 4. The molecule has 0 bridgehead atoms. The van der Waals surface area contributed by atoms with Crippen molar-refractivity contribution in [3.8, 4) is 12.3 Å². The lowest BCUT2D eigenvalue weighted by Crippen LogP contribution is -2.62. The SMILES string of the molecule is C#CCOC1OC(COC(C)=O)C(OC(C)=O)C(OC(C)=O)C1OC(C)=O. The van der Waals surface area contributed by atoms with Gasteiger partial charge in [0.2, 0.25) is 0 Å². The van der Waals surface area contributed by atoms with E-state index < -0.39 is 54.6 Å². The van der Waals surface area contributed by atoms with Crippen LogP contribution in [-0.2, 0) is 47.6 Å². The van der Waals surface area contributed by atoms with Crippen LogP contribution in [0, 0.1) is 12.3 Å². The predicted octanol–water partition coefficient (Wildman–Crippen LogP) is -0.281. The summed E-state index contributed by atoms with van der Waals surface area (Å²) in [5, 5.41) is 0. The first-order valence-corrected chi connectivity index (χ1v) is 8.01. The standard InChI is InChI=1S/C17H22O10/c1-6-7-22-17-16(26-12(5)21)15(25-11(4)20)14(24-10(3)19)13(27-17)8-23-9(2)18/h1,13-17H,7-8H2,2-5H3. The van der Waals surface area contributed by atoms with E-state index in [1.54, 1.807) is 0 Å². The summed E-state index contributed by atoms with van der Waals surface area (Å²) in [4.78, 5) is 45.7. The van der Waals surface area contributed by atoms with Gasteiger partial charge in [-0.25, -0.2) is 0 Å². The zero-order valence-electron chi connectivity index (χ0n) is 15.5. The van der Waals surface area contributed by atoms with Crippen molar-refractivity contribution in [2.45, 2.75) is 58.4 Å². The third kappa shape index (κ3) is 7.24. The highest BCUT2D eigenvalue weighted by Gasteiger charge is 2.52. The van der Waals surface area contributed by atoms with Crippen molar-refractivity contribution in [1.29, 1.82) is 0 Å². The molecule has 1 rings (SSSR count). The third-order valence-electron chi connectivity index (χ3n) is 3.28. The monoisotopic (exact) mass is 386 g/mol. The Kier molecular flexibility index (Phi) is 8.71. The van der Waals surface area contributed by atoms with Crippen molar-refractivity contribution in [3.05, 3.63) is 0 Å². The molecule has 1 heterocycles. The Morgan fingerprint density at radius 1 is 0.852 bits per heavy atom. The zero-order chi connectivity index (χ0) is 20.6. The number of carbonyl (C=O) groups is 4. The minimum Gasteiger partial charge on any atom is -0.463 e. The summed E-state index contributed by atoms with van der Waals surface area (Å²) in [6, 6.07) is 0. The van der Waals surface area contributed by atoms with Gasteiger partial charge in [-0.1, -0.05) is 5.92 Å². The van der Waals surface area contributed by atoms with Crippen LogP contribution in [0.4, 0.5) is 0 Å². The summed E-state index contributed by atoms with van der Waals surface area (Å²) in [6.45, 7) is 4.05. The number of esters is 4. The molecule has 0 amide bonds. The van der Waals surface area contributed by atoms with Crippen LogP contribution in [0.25, 0.3) is 0 Å². The topological polar surface area (TPSA) is 124 Å². The zero-order valence-corrected chi connectivity index (χ0v) is 15.5. The van der Waals surface area contributed by atoms with Crippen molar-refractivity contribution in [2.75, 3.05) is 13.2 Å². The van der Waals surface area contributed by atoms with E-state index in [2.05, 4.69) is 5.92 Å². The smallest absolute Gasteiger partial charge is 0.303 e. The Bertz CT molecular complexity index is 607. The molecular weight excluding hydrogens is 364 g/mol. The molecule has 0 aromatic heterocycles. The van der Waals surface area contributed by atoms with Crippen LogP contribution in [0.2, 0.25) is 0 Å². The van der Waals surface area contributed by atoms with E-state index in [0.717, 1.165) is 20.8 Å². The lowest BCUT2D eigenvalue weighted by molar-refractivity contribution is -0.305. The molecule has 0 spiro atoms. The van der Waals surface area contributed by atoms with Crippen molar-refractivity contribution < 1.29 is 47.6 Å². The van der Waals surface area contributed by atoms with Gasteiger partial charge in [-0.15, -0.1) is 6.42 Å². The highest BCUT2D eigenvalue weighted by Crippen LogP contribution is 2.29. The molecule has 1 aliphatic heterocycles. The molecule has 10 nitrogen and oxygen atoms in total. The summed E-state index contributed by atoms with van der Waals surface area (Å²) in [7, 11) is 0. The summed E-state index contributed by atoms with van der Waals surface area (Å²) in [6.07, 6.45) is -0.894. The fraction of sp³-hybridized carbons (Fsp3) is 0.647. The molecule has 5 unspecified atom stereocenters. The van der Waals surface area contributed by atoms with Gasteiger partial charge in [0.25, 0.3) is 0 Å². The number of terminal acetylenes is 1. The molecule has 1 saturated heterocycles. The van der Waals surface area contributed by atoms with E-state index in [4.69, 9.17) is 34.8 Å². The van der Waals surface area contributed by atoms with E-state index in [1.807, 2.05) is 0 Å². The van der Waals surface area contributed by atoms with Crippen molar-refractivity contribution in [2.24, 2.45) is 0 Å². The molecule has 0 saturated carbocycles. The van der Waals surface area contributed by atoms with Crippen molar-refractivity contribution in [3.63, 3.8) is 0 Å². The molecule has 27 heavy (non-hydrogen) atoms. The lowest BCUT2D eigenvalue weighted by Gasteiger charge is -2.43. The summed E-state index contributed by atoms with van der Waals surface area (Å²) < 4.78 is 31.5. The first-order chi connectivity index (χ1) is 12.6. The van der Waals surface area contributed by atoms with E-state index in [1.165, 1.54) is 6.92 Å². The first-order valence-electron chi connectivity index (χ1n) is 8.01. The predicted molar refractivity (Wildman–Crippen MR) is 86.7 cm³/mol. The van der Waals surface area contributed by atoms with Gasteiger partial charge in [-0.2, -0.15) is 0 Å². The Labute approximate surface area is 156 Å². The van der Waals surface area contributed by atoms with Crippen LogP contribution < -0.4 is 0 Å². The Balaban J connectivity index is 3.25. The van der Waals surface area contributed by atoms with Gasteiger partial charge in [0.15, 0.2) is 24.6 Å². The van der Waals surface area contributed by atoms with Crippen LogP contribution in [0.5, 0.6) is 0 Å². The molecule has 10 heteroatoms. The maximum absolute atomic E-state index is 11.6.